The molecule has 19 heavy (non-hydrogen) atoms. The Labute approximate surface area is 111 Å². The zero-order valence-electron chi connectivity index (χ0n) is 10.7. The number of rotatable bonds is 6. The molecule has 104 valence electrons. The van der Waals surface area contributed by atoms with Gasteiger partial charge >= 0.3 is 5.97 Å². The summed E-state index contributed by atoms with van der Waals surface area (Å²) in [6, 6.07) is 7.49. The highest BCUT2D eigenvalue weighted by molar-refractivity contribution is 5.76. The predicted molar refractivity (Wildman–Crippen MR) is 68.2 cm³/mol. The van der Waals surface area contributed by atoms with Gasteiger partial charge in [0.1, 0.15) is 17.8 Å². The summed E-state index contributed by atoms with van der Waals surface area (Å²) in [6.45, 7) is 0.632. The lowest BCUT2D eigenvalue weighted by atomic mass is 9.78. The maximum Gasteiger partial charge on any atom is 0.313 e. The van der Waals surface area contributed by atoms with Crippen LogP contribution < -0.4 is 4.74 Å². The lowest BCUT2D eigenvalue weighted by Gasteiger charge is -2.34. The molecule has 1 aromatic rings. The maximum absolute atomic E-state index is 11.6. The molecule has 0 aliphatic carbocycles. The molecule has 0 bridgehead atoms. The first-order chi connectivity index (χ1) is 9.18. The second-order valence-electron chi connectivity index (χ2n) is 4.74. The smallest absolute Gasteiger partial charge is 0.313 e. The molecule has 2 N–H and O–H groups in total. The van der Waals surface area contributed by atoms with Crippen molar-refractivity contribution in [1.82, 2.24) is 0 Å². The average Bonchev–Trinajstić information content (AvgIpc) is 2.43. The fraction of sp³-hybridized carbons (Fsp3) is 0.500. The summed E-state index contributed by atoms with van der Waals surface area (Å²) in [5, 5.41) is 18.1. The maximum atomic E-state index is 11.6. The number of aliphatic hydroxyl groups excluding tert-OH is 1. The molecule has 1 heterocycles. The van der Waals surface area contributed by atoms with Gasteiger partial charge in [0.2, 0.25) is 0 Å². The van der Waals surface area contributed by atoms with E-state index in [1.165, 1.54) is 0 Å². The number of hydrogen-bond donors (Lipinski definition) is 2. The number of carbonyl (C=O) groups is 1. The minimum atomic E-state index is -0.941. The van der Waals surface area contributed by atoms with Gasteiger partial charge in [0.15, 0.2) is 0 Å². The number of ether oxygens (including phenoxy) is 2. The largest absolute Gasteiger partial charge is 0.492 e. The quantitative estimate of drug-likeness (QED) is 0.754. The van der Waals surface area contributed by atoms with Crippen molar-refractivity contribution in [2.24, 2.45) is 5.41 Å². The van der Waals surface area contributed by atoms with Crippen LogP contribution in [0.5, 0.6) is 5.75 Å². The van der Waals surface area contributed by atoms with Crippen molar-refractivity contribution in [2.75, 3.05) is 26.4 Å². The van der Waals surface area contributed by atoms with Crippen LogP contribution >= 0.6 is 0 Å². The summed E-state index contributed by atoms with van der Waals surface area (Å²) in [4.78, 5) is 11.6. The Kier molecular flexibility index (Phi) is 4.39. The SMILES string of the molecule is O=C(O)C1(CCOCCO)COc2ccccc2C1. The van der Waals surface area contributed by atoms with Crippen molar-refractivity contribution in [3.8, 4) is 5.75 Å². The highest BCUT2D eigenvalue weighted by Gasteiger charge is 2.42. The first-order valence-electron chi connectivity index (χ1n) is 6.31. The van der Waals surface area contributed by atoms with E-state index < -0.39 is 11.4 Å². The molecule has 1 aliphatic heterocycles. The minimum absolute atomic E-state index is 0.0561. The number of carboxylic acid groups (broad SMARTS) is 1. The standard InChI is InChI=1S/C14H18O5/c15-6-8-18-7-5-14(13(16)17)9-11-3-1-2-4-12(11)19-10-14/h1-4,15H,5-10H2,(H,16,17). The van der Waals surface area contributed by atoms with Crippen LogP contribution in [0.2, 0.25) is 0 Å². The van der Waals surface area contributed by atoms with Crippen molar-refractivity contribution in [3.63, 3.8) is 0 Å². The van der Waals surface area contributed by atoms with Gasteiger partial charge in [-0.1, -0.05) is 18.2 Å². The molecular weight excluding hydrogens is 248 g/mol. The van der Waals surface area contributed by atoms with Gasteiger partial charge in [0, 0.05) is 6.61 Å². The van der Waals surface area contributed by atoms with Crippen LogP contribution in [-0.4, -0.2) is 42.6 Å². The molecule has 0 amide bonds. The zero-order chi connectivity index (χ0) is 13.7. The summed E-state index contributed by atoms with van der Waals surface area (Å²) in [5.41, 5.74) is -0.0256. The van der Waals surface area contributed by atoms with Gasteiger partial charge in [-0.05, 0) is 24.5 Å². The fourth-order valence-electron chi connectivity index (χ4n) is 2.26. The average molecular weight is 266 g/mol. The van der Waals surface area contributed by atoms with E-state index in [1.807, 2.05) is 24.3 Å². The number of aliphatic hydroxyl groups is 1. The molecule has 1 unspecified atom stereocenters. The van der Waals surface area contributed by atoms with Crippen LogP contribution in [0.4, 0.5) is 0 Å². The van der Waals surface area contributed by atoms with E-state index in [-0.39, 0.29) is 19.8 Å². The Morgan fingerprint density at radius 3 is 2.89 bits per heavy atom. The molecule has 2 rings (SSSR count). The minimum Gasteiger partial charge on any atom is -0.492 e. The number of fused-ring (bicyclic) bond motifs is 1. The Hall–Kier alpha value is -1.59. The van der Waals surface area contributed by atoms with Gasteiger partial charge in [-0.2, -0.15) is 0 Å². The molecule has 0 saturated carbocycles. The number of hydrogen-bond acceptors (Lipinski definition) is 4. The molecule has 0 aromatic heterocycles. The molecule has 1 aliphatic rings. The molecule has 0 fully saturated rings. The van der Waals surface area contributed by atoms with E-state index in [0.29, 0.717) is 19.4 Å². The first kappa shape index (κ1) is 13.8. The van der Waals surface area contributed by atoms with Crippen LogP contribution in [0.15, 0.2) is 24.3 Å². The fourth-order valence-corrected chi connectivity index (χ4v) is 2.26. The summed E-state index contributed by atoms with van der Waals surface area (Å²) >= 11 is 0. The first-order valence-corrected chi connectivity index (χ1v) is 6.31. The molecule has 1 aromatic carbocycles. The van der Waals surface area contributed by atoms with Crippen LogP contribution in [0.1, 0.15) is 12.0 Å². The number of carboxylic acids is 1. The Bertz CT molecular complexity index is 445. The number of benzene rings is 1. The highest BCUT2D eigenvalue weighted by atomic mass is 16.5. The molecular formula is C14H18O5. The number of aliphatic carboxylic acids is 1. The molecule has 5 heteroatoms. The molecule has 0 radical (unpaired) electrons. The Balaban J connectivity index is 2.08. The third-order valence-corrected chi connectivity index (χ3v) is 3.42. The van der Waals surface area contributed by atoms with Crippen molar-refractivity contribution in [3.05, 3.63) is 29.8 Å². The van der Waals surface area contributed by atoms with Gasteiger partial charge < -0.3 is 19.7 Å². The van der Waals surface area contributed by atoms with Crippen LogP contribution in [0, 0.1) is 5.41 Å². The van der Waals surface area contributed by atoms with Gasteiger partial charge in [-0.25, -0.2) is 0 Å². The van der Waals surface area contributed by atoms with Crippen molar-refractivity contribution in [2.45, 2.75) is 12.8 Å². The van der Waals surface area contributed by atoms with Gasteiger partial charge in [-0.15, -0.1) is 0 Å². The van der Waals surface area contributed by atoms with Gasteiger partial charge in [0.25, 0.3) is 0 Å². The highest BCUT2D eigenvalue weighted by Crippen LogP contribution is 2.37. The third-order valence-electron chi connectivity index (χ3n) is 3.42. The molecule has 5 nitrogen and oxygen atoms in total. The van der Waals surface area contributed by atoms with Crippen molar-refractivity contribution < 1.29 is 24.5 Å². The van der Waals surface area contributed by atoms with E-state index in [9.17, 15) is 9.90 Å². The summed E-state index contributed by atoms with van der Waals surface area (Å²) in [5.74, 6) is -0.106. The summed E-state index contributed by atoms with van der Waals surface area (Å²) in [6.07, 6.45) is 0.817. The molecule has 0 spiro atoms. The Morgan fingerprint density at radius 2 is 2.16 bits per heavy atom. The lowest BCUT2D eigenvalue weighted by Crippen LogP contribution is -2.43. The molecule has 1 atom stereocenters. The van der Waals surface area contributed by atoms with Crippen LogP contribution in [-0.2, 0) is 16.0 Å². The third kappa shape index (κ3) is 3.05. The Morgan fingerprint density at radius 1 is 1.37 bits per heavy atom. The second-order valence-corrected chi connectivity index (χ2v) is 4.74. The van der Waals surface area contributed by atoms with Crippen LogP contribution in [0.3, 0.4) is 0 Å². The zero-order valence-corrected chi connectivity index (χ0v) is 10.7. The van der Waals surface area contributed by atoms with E-state index >= 15 is 0 Å². The normalized spacial score (nSPS) is 21.5. The summed E-state index contributed by atoms with van der Waals surface area (Å²) in [7, 11) is 0. The van der Waals surface area contributed by atoms with Gasteiger partial charge in [-0.3, -0.25) is 4.79 Å². The van der Waals surface area contributed by atoms with Crippen molar-refractivity contribution >= 4 is 5.97 Å². The van der Waals surface area contributed by atoms with E-state index in [4.69, 9.17) is 14.6 Å². The predicted octanol–water partition coefficient (Wildman–Crippen LogP) is 1.09. The van der Waals surface area contributed by atoms with Gasteiger partial charge in [0.05, 0.1) is 13.2 Å². The van der Waals surface area contributed by atoms with Crippen molar-refractivity contribution in [1.29, 1.82) is 0 Å². The topological polar surface area (TPSA) is 76.0 Å². The van der Waals surface area contributed by atoms with E-state index in [1.54, 1.807) is 0 Å². The van der Waals surface area contributed by atoms with E-state index in [2.05, 4.69) is 0 Å². The second kappa shape index (κ2) is 6.04. The number of para-hydroxylation sites is 1. The molecule has 0 saturated heterocycles. The van der Waals surface area contributed by atoms with Crippen LogP contribution in [0.25, 0.3) is 0 Å². The van der Waals surface area contributed by atoms with E-state index in [0.717, 1.165) is 11.3 Å². The summed E-state index contributed by atoms with van der Waals surface area (Å²) < 4.78 is 10.8. The lowest BCUT2D eigenvalue weighted by molar-refractivity contribution is -0.153. The monoisotopic (exact) mass is 266 g/mol.